The number of alkyl halides is 3. The molecule has 0 heterocycles. The van der Waals surface area contributed by atoms with Crippen molar-refractivity contribution in [1.82, 2.24) is 0 Å². The van der Waals surface area contributed by atoms with Gasteiger partial charge in [-0.1, -0.05) is 6.08 Å². The minimum atomic E-state index is -5.14. The molecule has 0 spiro atoms. The van der Waals surface area contributed by atoms with Crippen LogP contribution in [0.3, 0.4) is 0 Å². The van der Waals surface area contributed by atoms with Crippen LogP contribution in [0.5, 0.6) is 0 Å². The van der Waals surface area contributed by atoms with E-state index in [9.17, 15) is 21.6 Å². The van der Waals surface area contributed by atoms with Crippen LogP contribution in [-0.4, -0.2) is 13.9 Å². The number of rotatable bonds is 1. The number of hydrogen-bond acceptors (Lipinski definition) is 2. The highest BCUT2D eigenvalue weighted by molar-refractivity contribution is 7.96. The topological polar surface area (TPSA) is 34.1 Å². The largest absolute Gasteiger partial charge is 0.501 e. The third kappa shape index (κ3) is 1.48. The van der Waals surface area contributed by atoms with Crippen LogP contribution in [0.15, 0.2) is 11.0 Å². The van der Waals surface area contributed by atoms with Crippen LogP contribution in [0.2, 0.25) is 0 Å². The van der Waals surface area contributed by atoms with Gasteiger partial charge < -0.3 is 0 Å². The van der Waals surface area contributed by atoms with Crippen molar-refractivity contribution in [1.29, 1.82) is 0 Å². The lowest BCUT2D eigenvalue weighted by Gasteiger charge is -2.07. The molecule has 0 amide bonds. The number of sulfone groups is 1. The SMILES string of the molecule is O=S(=O)(C1=CCCC1)C(F)(F)F. The first-order valence-corrected chi connectivity index (χ1v) is 4.84. The van der Waals surface area contributed by atoms with Crippen molar-refractivity contribution in [3.63, 3.8) is 0 Å². The molecule has 70 valence electrons. The van der Waals surface area contributed by atoms with Crippen LogP contribution in [0.25, 0.3) is 0 Å². The molecule has 1 aliphatic carbocycles. The first-order valence-electron chi connectivity index (χ1n) is 3.36. The highest BCUT2D eigenvalue weighted by atomic mass is 32.2. The molecule has 0 N–H and O–H groups in total. The Labute approximate surface area is 68.0 Å². The lowest BCUT2D eigenvalue weighted by Crippen LogP contribution is -2.23. The van der Waals surface area contributed by atoms with Crippen molar-refractivity contribution in [2.45, 2.75) is 24.8 Å². The maximum absolute atomic E-state index is 11.9. The molecule has 0 aliphatic heterocycles. The van der Waals surface area contributed by atoms with E-state index in [0.29, 0.717) is 12.8 Å². The Bertz CT molecular complexity index is 299. The van der Waals surface area contributed by atoms with Gasteiger partial charge in [0.15, 0.2) is 0 Å². The van der Waals surface area contributed by atoms with Crippen molar-refractivity contribution in [2.24, 2.45) is 0 Å². The van der Waals surface area contributed by atoms with Crippen molar-refractivity contribution < 1.29 is 21.6 Å². The van der Waals surface area contributed by atoms with E-state index < -0.39 is 20.3 Å². The minimum Gasteiger partial charge on any atom is -0.215 e. The average Bonchev–Trinajstić information content (AvgIpc) is 2.34. The first kappa shape index (κ1) is 9.57. The molecule has 1 aliphatic rings. The van der Waals surface area contributed by atoms with Crippen LogP contribution in [0.1, 0.15) is 19.3 Å². The molecule has 0 aromatic rings. The minimum absolute atomic E-state index is 0.0157. The molecule has 0 atom stereocenters. The van der Waals surface area contributed by atoms with Gasteiger partial charge in [-0.2, -0.15) is 13.2 Å². The van der Waals surface area contributed by atoms with Gasteiger partial charge in [-0.25, -0.2) is 8.42 Å². The Hall–Kier alpha value is -0.520. The smallest absolute Gasteiger partial charge is 0.215 e. The molecule has 6 heteroatoms. The van der Waals surface area contributed by atoms with E-state index in [1.54, 1.807) is 0 Å². The van der Waals surface area contributed by atoms with E-state index >= 15 is 0 Å². The van der Waals surface area contributed by atoms with E-state index in [4.69, 9.17) is 0 Å². The molecule has 0 saturated carbocycles. The number of allylic oxidation sites excluding steroid dienone is 2. The number of halogens is 3. The summed E-state index contributed by atoms with van der Waals surface area (Å²) in [5.41, 5.74) is -5.14. The van der Waals surface area contributed by atoms with Crippen molar-refractivity contribution in [3.05, 3.63) is 11.0 Å². The lowest BCUT2D eigenvalue weighted by atomic mass is 10.4. The van der Waals surface area contributed by atoms with Gasteiger partial charge in [0.05, 0.1) is 0 Å². The Morgan fingerprint density at radius 1 is 1.33 bits per heavy atom. The summed E-state index contributed by atoms with van der Waals surface area (Å²) in [5, 5.41) is 0. The summed E-state index contributed by atoms with van der Waals surface area (Å²) < 4.78 is 56.9. The van der Waals surface area contributed by atoms with Gasteiger partial charge in [-0.05, 0) is 19.3 Å². The Morgan fingerprint density at radius 2 is 1.92 bits per heavy atom. The third-order valence-electron chi connectivity index (χ3n) is 1.65. The number of hydrogen-bond donors (Lipinski definition) is 0. The van der Waals surface area contributed by atoms with Crippen molar-refractivity contribution in [3.8, 4) is 0 Å². The Morgan fingerprint density at radius 3 is 2.25 bits per heavy atom. The standard InChI is InChI=1S/C6H7F3O2S/c7-6(8,9)12(10,11)5-3-1-2-4-5/h3H,1-2,4H2. The summed E-state index contributed by atoms with van der Waals surface area (Å²) in [6.45, 7) is 0. The highest BCUT2D eigenvalue weighted by Gasteiger charge is 2.48. The molecule has 0 aromatic heterocycles. The summed E-state index contributed by atoms with van der Waals surface area (Å²) in [6, 6.07) is 0. The molecule has 2 nitrogen and oxygen atoms in total. The predicted octanol–water partition coefficient (Wildman–Crippen LogP) is 1.99. The Kier molecular flexibility index (Phi) is 2.20. The zero-order valence-electron chi connectivity index (χ0n) is 6.06. The van der Waals surface area contributed by atoms with Crippen LogP contribution in [-0.2, 0) is 9.84 Å². The monoisotopic (exact) mass is 200 g/mol. The van der Waals surface area contributed by atoms with Gasteiger partial charge in [0, 0.05) is 4.91 Å². The summed E-state index contributed by atoms with van der Waals surface area (Å²) in [7, 11) is -5.02. The normalized spacial score (nSPS) is 19.4. The molecule has 0 aromatic carbocycles. The van der Waals surface area contributed by atoms with E-state index in [1.807, 2.05) is 0 Å². The van der Waals surface area contributed by atoms with Crippen LogP contribution < -0.4 is 0 Å². The van der Waals surface area contributed by atoms with Gasteiger partial charge in [-0.3, -0.25) is 0 Å². The lowest BCUT2D eigenvalue weighted by molar-refractivity contribution is -0.0427. The second-order valence-electron chi connectivity index (χ2n) is 2.51. The summed E-state index contributed by atoms with van der Waals surface area (Å²) in [6.07, 6.45) is 2.07. The van der Waals surface area contributed by atoms with E-state index in [0.717, 1.165) is 6.08 Å². The van der Waals surface area contributed by atoms with Gasteiger partial charge >= 0.3 is 5.51 Å². The summed E-state index contributed by atoms with van der Waals surface area (Å²) >= 11 is 0. The zero-order chi connectivity index (χ0) is 9.41. The van der Waals surface area contributed by atoms with Gasteiger partial charge in [0.2, 0.25) is 0 Å². The second kappa shape index (κ2) is 2.76. The van der Waals surface area contributed by atoms with E-state index in [-0.39, 0.29) is 6.42 Å². The fourth-order valence-electron chi connectivity index (χ4n) is 1.03. The zero-order valence-corrected chi connectivity index (χ0v) is 6.87. The van der Waals surface area contributed by atoms with Crippen LogP contribution in [0.4, 0.5) is 13.2 Å². The van der Waals surface area contributed by atoms with E-state index in [1.165, 1.54) is 0 Å². The van der Waals surface area contributed by atoms with Gasteiger partial charge in [0.1, 0.15) is 0 Å². The molecule has 12 heavy (non-hydrogen) atoms. The summed E-state index contributed by atoms with van der Waals surface area (Å²) in [5.74, 6) is 0. The molecule has 0 fully saturated rings. The molecule has 0 saturated heterocycles. The van der Waals surface area contributed by atoms with E-state index in [2.05, 4.69) is 0 Å². The van der Waals surface area contributed by atoms with Crippen LogP contribution >= 0.6 is 0 Å². The molecule has 0 radical (unpaired) electrons. The molecule has 0 bridgehead atoms. The fourth-order valence-corrected chi connectivity index (χ4v) is 2.08. The molecular formula is C6H7F3O2S. The maximum Gasteiger partial charge on any atom is 0.501 e. The van der Waals surface area contributed by atoms with Crippen LogP contribution in [0, 0.1) is 0 Å². The summed E-state index contributed by atoms with van der Waals surface area (Å²) in [4.78, 5) is -0.477. The average molecular weight is 200 g/mol. The predicted molar refractivity (Wildman–Crippen MR) is 36.9 cm³/mol. The third-order valence-corrected chi connectivity index (χ3v) is 3.32. The van der Waals surface area contributed by atoms with Gasteiger partial charge in [-0.15, -0.1) is 0 Å². The van der Waals surface area contributed by atoms with Crippen molar-refractivity contribution >= 4 is 9.84 Å². The maximum atomic E-state index is 11.9. The molecule has 1 rings (SSSR count). The van der Waals surface area contributed by atoms with Crippen molar-refractivity contribution in [2.75, 3.05) is 0 Å². The fraction of sp³-hybridized carbons (Fsp3) is 0.667. The van der Waals surface area contributed by atoms with Gasteiger partial charge in [0.25, 0.3) is 9.84 Å². The molecular weight excluding hydrogens is 193 g/mol. The quantitative estimate of drug-likeness (QED) is 0.648. The Balaban J connectivity index is 3.02. The second-order valence-corrected chi connectivity index (χ2v) is 4.51. The molecule has 0 unspecified atom stereocenters. The highest BCUT2D eigenvalue weighted by Crippen LogP contribution is 2.34. The first-order chi connectivity index (χ1) is 5.36.